The Balaban J connectivity index is 2.06. The van der Waals surface area contributed by atoms with Crippen molar-refractivity contribution in [3.8, 4) is 5.75 Å². The predicted molar refractivity (Wildman–Crippen MR) is 84.6 cm³/mol. The smallest absolute Gasteiger partial charge is 0.127 e. The molecule has 0 radical (unpaired) electrons. The predicted octanol–water partition coefficient (Wildman–Crippen LogP) is 2.83. The number of hydrogen-bond donors (Lipinski definition) is 1. The molecule has 2 aromatic rings. The number of rotatable bonds is 4. The second kappa shape index (κ2) is 6.06. The lowest BCUT2D eigenvalue weighted by Gasteiger charge is -2.23. The molecule has 1 aliphatic heterocycles. The molecule has 20 heavy (non-hydrogen) atoms. The van der Waals surface area contributed by atoms with E-state index in [2.05, 4.69) is 22.9 Å². The van der Waals surface area contributed by atoms with Crippen LogP contribution in [-0.4, -0.2) is 34.7 Å². The second-order valence-electron chi connectivity index (χ2n) is 5.06. The highest BCUT2D eigenvalue weighted by Crippen LogP contribution is 2.27. The van der Waals surface area contributed by atoms with Crippen LogP contribution >= 0.6 is 11.8 Å². The molecule has 1 aliphatic rings. The Labute approximate surface area is 123 Å². The standard InChI is InChI=1S/C15H21N3OS/c1-3-7-18-14-5-4-11(19-2)9-12(14)17-15(18)13-10-20-8-6-16-13/h4-5,9,13,16H,3,6-8,10H2,1-2H3. The summed E-state index contributed by atoms with van der Waals surface area (Å²) in [5.74, 6) is 4.33. The van der Waals surface area contributed by atoms with Gasteiger partial charge in [-0.25, -0.2) is 4.98 Å². The van der Waals surface area contributed by atoms with Crippen LogP contribution in [0.3, 0.4) is 0 Å². The van der Waals surface area contributed by atoms with E-state index >= 15 is 0 Å². The maximum absolute atomic E-state index is 5.31. The van der Waals surface area contributed by atoms with Gasteiger partial charge in [0.1, 0.15) is 11.6 Å². The minimum absolute atomic E-state index is 0.360. The Hall–Kier alpha value is -1.20. The van der Waals surface area contributed by atoms with E-state index in [1.54, 1.807) is 7.11 Å². The summed E-state index contributed by atoms with van der Waals surface area (Å²) in [6, 6.07) is 6.53. The summed E-state index contributed by atoms with van der Waals surface area (Å²) >= 11 is 2.00. The van der Waals surface area contributed by atoms with E-state index in [0.29, 0.717) is 6.04 Å². The molecule has 1 unspecified atom stereocenters. The zero-order chi connectivity index (χ0) is 13.9. The van der Waals surface area contributed by atoms with Gasteiger partial charge >= 0.3 is 0 Å². The maximum Gasteiger partial charge on any atom is 0.127 e. The van der Waals surface area contributed by atoms with Crippen LogP contribution in [0.25, 0.3) is 11.0 Å². The fourth-order valence-corrected chi connectivity index (χ4v) is 3.64. The highest BCUT2D eigenvalue weighted by Gasteiger charge is 2.22. The fourth-order valence-electron chi connectivity index (χ4n) is 2.71. The highest BCUT2D eigenvalue weighted by atomic mass is 32.2. The average molecular weight is 291 g/mol. The van der Waals surface area contributed by atoms with Crippen LogP contribution in [0.1, 0.15) is 25.2 Å². The van der Waals surface area contributed by atoms with Gasteiger partial charge in [0.2, 0.25) is 0 Å². The summed E-state index contributed by atoms with van der Waals surface area (Å²) in [4.78, 5) is 4.87. The molecule has 1 N–H and O–H groups in total. The van der Waals surface area contributed by atoms with Crippen molar-refractivity contribution in [3.05, 3.63) is 24.0 Å². The first-order valence-electron chi connectivity index (χ1n) is 7.18. The van der Waals surface area contributed by atoms with E-state index in [4.69, 9.17) is 9.72 Å². The number of fused-ring (bicyclic) bond motifs is 1. The van der Waals surface area contributed by atoms with Gasteiger partial charge in [0.15, 0.2) is 0 Å². The molecule has 3 rings (SSSR count). The van der Waals surface area contributed by atoms with Gasteiger partial charge < -0.3 is 14.6 Å². The van der Waals surface area contributed by atoms with E-state index in [0.717, 1.165) is 36.5 Å². The largest absolute Gasteiger partial charge is 0.497 e. The summed E-state index contributed by atoms with van der Waals surface area (Å²) in [5, 5.41) is 3.59. The topological polar surface area (TPSA) is 39.1 Å². The monoisotopic (exact) mass is 291 g/mol. The third-order valence-corrected chi connectivity index (χ3v) is 4.73. The molecule has 108 valence electrons. The molecule has 0 spiro atoms. The third kappa shape index (κ3) is 2.52. The molecule has 1 atom stereocenters. The van der Waals surface area contributed by atoms with Crippen molar-refractivity contribution in [2.75, 3.05) is 25.2 Å². The Morgan fingerprint density at radius 2 is 2.40 bits per heavy atom. The summed E-state index contributed by atoms with van der Waals surface area (Å²) in [7, 11) is 1.70. The number of thioether (sulfide) groups is 1. The van der Waals surface area contributed by atoms with Crippen molar-refractivity contribution in [3.63, 3.8) is 0 Å². The van der Waals surface area contributed by atoms with Crippen LogP contribution < -0.4 is 10.1 Å². The molecular formula is C15H21N3OS. The van der Waals surface area contributed by atoms with Crippen LogP contribution in [0.15, 0.2) is 18.2 Å². The Morgan fingerprint density at radius 3 is 3.10 bits per heavy atom. The normalized spacial score (nSPS) is 19.4. The molecule has 1 aromatic carbocycles. The van der Waals surface area contributed by atoms with Crippen molar-refractivity contribution in [2.24, 2.45) is 0 Å². The molecular weight excluding hydrogens is 270 g/mol. The van der Waals surface area contributed by atoms with E-state index < -0.39 is 0 Å². The van der Waals surface area contributed by atoms with Crippen molar-refractivity contribution >= 4 is 22.8 Å². The lowest BCUT2D eigenvalue weighted by Crippen LogP contribution is -2.32. The van der Waals surface area contributed by atoms with Gasteiger partial charge in [-0.15, -0.1) is 0 Å². The molecule has 1 fully saturated rings. The highest BCUT2D eigenvalue weighted by molar-refractivity contribution is 7.99. The minimum Gasteiger partial charge on any atom is -0.497 e. The summed E-state index contributed by atoms with van der Waals surface area (Å²) in [6.07, 6.45) is 1.12. The van der Waals surface area contributed by atoms with Crippen molar-refractivity contribution in [1.82, 2.24) is 14.9 Å². The van der Waals surface area contributed by atoms with Crippen LogP contribution in [-0.2, 0) is 6.54 Å². The van der Waals surface area contributed by atoms with Crippen molar-refractivity contribution in [1.29, 1.82) is 0 Å². The number of hydrogen-bond acceptors (Lipinski definition) is 4. The van der Waals surface area contributed by atoms with Crippen LogP contribution in [0.4, 0.5) is 0 Å². The van der Waals surface area contributed by atoms with Gasteiger partial charge in [-0.2, -0.15) is 11.8 Å². The average Bonchev–Trinajstić information content (AvgIpc) is 2.86. The first-order chi connectivity index (χ1) is 9.83. The molecule has 0 aliphatic carbocycles. The summed E-state index contributed by atoms with van der Waals surface area (Å²) in [6.45, 7) is 4.29. The number of nitrogens with zero attached hydrogens (tertiary/aromatic N) is 2. The number of aryl methyl sites for hydroxylation is 1. The molecule has 2 heterocycles. The van der Waals surface area contributed by atoms with Gasteiger partial charge in [-0.05, 0) is 18.6 Å². The summed E-state index contributed by atoms with van der Waals surface area (Å²) < 4.78 is 7.67. The lowest BCUT2D eigenvalue weighted by molar-refractivity contribution is 0.415. The molecule has 0 saturated carbocycles. The van der Waals surface area contributed by atoms with Crippen LogP contribution in [0.5, 0.6) is 5.75 Å². The molecule has 5 heteroatoms. The first kappa shape index (κ1) is 13.8. The summed E-state index contributed by atoms with van der Waals surface area (Å²) in [5.41, 5.74) is 2.24. The number of ether oxygens (including phenoxy) is 1. The van der Waals surface area contributed by atoms with E-state index in [9.17, 15) is 0 Å². The fraction of sp³-hybridized carbons (Fsp3) is 0.533. The van der Waals surface area contributed by atoms with Gasteiger partial charge in [-0.1, -0.05) is 6.92 Å². The zero-order valence-corrected chi connectivity index (χ0v) is 12.9. The van der Waals surface area contributed by atoms with E-state index in [1.165, 1.54) is 17.1 Å². The Kier molecular flexibility index (Phi) is 4.17. The number of aromatic nitrogens is 2. The first-order valence-corrected chi connectivity index (χ1v) is 8.34. The number of nitrogens with one attached hydrogen (secondary N) is 1. The number of benzene rings is 1. The van der Waals surface area contributed by atoms with E-state index in [-0.39, 0.29) is 0 Å². The Bertz CT molecular complexity index is 590. The second-order valence-corrected chi connectivity index (χ2v) is 6.21. The third-order valence-electron chi connectivity index (χ3n) is 3.67. The van der Waals surface area contributed by atoms with Gasteiger partial charge in [0.05, 0.1) is 24.2 Å². The quantitative estimate of drug-likeness (QED) is 0.940. The van der Waals surface area contributed by atoms with Gasteiger partial charge in [-0.3, -0.25) is 0 Å². The minimum atomic E-state index is 0.360. The van der Waals surface area contributed by atoms with E-state index in [1.807, 2.05) is 23.9 Å². The molecule has 1 saturated heterocycles. The molecule has 1 aromatic heterocycles. The van der Waals surface area contributed by atoms with Crippen molar-refractivity contribution in [2.45, 2.75) is 25.9 Å². The van der Waals surface area contributed by atoms with Crippen molar-refractivity contribution < 1.29 is 4.74 Å². The molecule has 0 bridgehead atoms. The molecule has 4 nitrogen and oxygen atoms in total. The van der Waals surface area contributed by atoms with Crippen LogP contribution in [0, 0.1) is 0 Å². The Morgan fingerprint density at radius 1 is 1.50 bits per heavy atom. The lowest BCUT2D eigenvalue weighted by atomic mass is 10.3. The number of methoxy groups -OCH3 is 1. The SMILES string of the molecule is CCCn1c(C2CSCCN2)nc2cc(OC)ccc21. The number of imidazole rings is 1. The van der Waals surface area contributed by atoms with Crippen LogP contribution in [0.2, 0.25) is 0 Å². The maximum atomic E-state index is 5.31. The van der Waals surface area contributed by atoms with Gasteiger partial charge in [0.25, 0.3) is 0 Å². The zero-order valence-electron chi connectivity index (χ0n) is 12.1. The molecule has 0 amide bonds. The van der Waals surface area contributed by atoms with Gasteiger partial charge in [0, 0.05) is 30.7 Å².